The predicted octanol–water partition coefficient (Wildman–Crippen LogP) is 2.43. The first-order valence-corrected chi connectivity index (χ1v) is 6.85. The van der Waals surface area contributed by atoms with Crippen molar-refractivity contribution in [2.45, 2.75) is 32.0 Å². The van der Waals surface area contributed by atoms with Crippen molar-refractivity contribution in [3.63, 3.8) is 0 Å². The highest BCUT2D eigenvalue weighted by Crippen LogP contribution is 2.18. The van der Waals surface area contributed by atoms with Crippen LogP contribution in [0, 0.1) is 5.82 Å². The molecular weight excluding hydrogens is 271 g/mol. The fourth-order valence-electron chi connectivity index (χ4n) is 2.11. The van der Waals surface area contributed by atoms with Gasteiger partial charge in [-0.3, -0.25) is 4.79 Å². The van der Waals surface area contributed by atoms with E-state index in [0.717, 1.165) is 0 Å². The van der Waals surface area contributed by atoms with E-state index in [2.05, 4.69) is 5.32 Å². The minimum Gasteiger partial charge on any atom is -0.386 e. The van der Waals surface area contributed by atoms with E-state index in [0.29, 0.717) is 5.56 Å². The van der Waals surface area contributed by atoms with Gasteiger partial charge in [0.15, 0.2) is 0 Å². The van der Waals surface area contributed by atoms with Crippen molar-refractivity contribution < 1.29 is 14.3 Å². The molecule has 112 valence electrons. The maximum Gasteiger partial charge on any atom is 0.243 e. The van der Waals surface area contributed by atoms with E-state index in [-0.39, 0.29) is 17.8 Å². The third-order valence-corrected chi connectivity index (χ3v) is 3.51. The number of nitrogens with one attached hydrogen (secondary N) is 1. The molecule has 4 nitrogen and oxygen atoms in total. The number of aliphatic hydroxyl groups is 1. The Morgan fingerprint density at radius 2 is 1.76 bits per heavy atom. The number of aromatic nitrogens is 1. The van der Waals surface area contributed by atoms with Crippen LogP contribution in [0.1, 0.15) is 31.6 Å². The Hall–Kier alpha value is -2.14. The van der Waals surface area contributed by atoms with Gasteiger partial charge in [-0.25, -0.2) is 4.39 Å². The summed E-state index contributed by atoms with van der Waals surface area (Å²) in [5, 5.41) is 13.0. The third-order valence-electron chi connectivity index (χ3n) is 3.51. The van der Waals surface area contributed by atoms with E-state index < -0.39 is 12.1 Å². The molecule has 0 spiro atoms. The lowest BCUT2D eigenvalue weighted by Crippen LogP contribution is -2.40. The molecule has 2 aromatic rings. The Labute approximate surface area is 123 Å². The van der Waals surface area contributed by atoms with E-state index in [4.69, 9.17) is 0 Å². The number of nitrogens with zero attached hydrogens (tertiary/aromatic N) is 1. The Balaban J connectivity index is 1.98. The number of hydrogen-bond acceptors (Lipinski definition) is 2. The summed E-state index contributed by atoms with van der Waals surface area (Å²) in [5.41, 5.74) is 0.567. The van der Waals surface area contributed by atoms with Crippen LogP contribution in [-0.2, 0) is 4.79 Å². The summed E-state index contributed by atoms with van der Waals surface area (Å²) in [6, 6.07) is 8.46. The van der Waals surface area contributed by atoms with Crippen LogP contribution in [-0.4, -0.2) is 21.6 Å². The highest BCUT2D eigenvalue weighted by Gasteiger charge is 2.21. The van der Waals surface area contributed by atoms with Crippen molar-refractivity contribution in [2.75, 3.05) is 0 Å². The number of benzene rings is 1. The van der Waals surface area contributed by atoms with Crippen LogP contribution in [0.2, 0.25) is 0 Å². The van der Waals surface area contributed by atoms with Crippen molar-refractivity contribution in [1.29, 1.82) is 0 Å². The summed E-state index contributed by atoms with van der Waals surface area (Å²) in [5.74, 6) is -0.538. The van der Waals surface area contributed by atoms with Crippen molar-refractivity contribution >= 4 is 5.91 Å². The van der Waals surface area contributed by atoms with Gasteiger partial charge in [-0.1, -0.05) is 12.1 Å². The molecule has 1 heterocycles. The lowest BCUT2D eigenvalue weighted by atomic mass is 10.0. The van der Waals surface area contributed by atoms with Crippen LogP contribution in [0.5, 0.6) is 0 Å². The SMILES string of the molecule is CC(NC(=O)C(C)n1cccc1)C(O)c1ccc(F)cc1. The second-order valence-electron chi connectivity index (χ2n) is 5.10. The molecule has 0 saturated carbocycles. The molecule has 0 bridgehead atoms. The summed E-state index contributed by atoms with van der Waals surface area (Å²) < 4.78 is 14.7. The molecule has 2 N–H and O–H groups in total. The van der Waals surface area contributed by atoms with Crippen LogP contribution in [0.15, 0.2) is 48.8 Å². The van der Waals surface area contributed by atoms with Gasteiger partial charge in [0, 0.05) is 12.4 Å². The molecule has 0 aliphatic heterocycles. The first-order chi connectivity index (χ1) is 9.99. The summed E-state index contributed by atoms with van der Waals surface area (Å²) >= 11 is 0. The molecule has 0 aliphatic rings. The normalized spacial score (nSPS) is 15.2. The minimum absolute atomic E-state index is 0.181. The molecule has 0 aliphatic carbocycles. The lowest BCUT2D eigenvalue weighted by Gasteiger charge is -2.23. The maximum absolute atomic E-state index is 12.9. The Kier molecular flexibility index (Phi) is 4.75. The van der Waals surface area contributed by atoms with Crippen molar-refractivity contribution in [2.24, 2.45) is 0 Å². The average Bonchev–Trinajstić information content (AvgIpc) is 3.00. The zero-order valence-electron chi connectivity index (χ0n) is 12.0. The van der Waals surface area contributed by atoms with E-state index in [1.807, 2.05) is 24.5 Å². The Morgan fingerprint density at radius 1 is 1.19 bits per heavy atom. The first-order valence-electron chi connectivity index (χ1n) is 6.85. The zero-order chi connectivity index (χ0) is 15.4. The molecule has 1 aromatic heterocycles. The molecule has 0 radical (unpaired) electrons. The fraction of sp³-hybridized carbons (Fsp3) is 0.312. The summed E-state index contributed by atoms with van der Waals surface area (Å²) in [4.78, 5) is 12.1. The number of halogens is 1. The number of carbonyl (C=O) groups excluding carboxylic acids is 1. The molecular formula is C16H19FN2O2. The molecule has 3 atom stereocenters. The van der Waals surface area contributed by atoms with Gasteiger partial charge in [-0.2, -0.15) is 0 Å². The summed E-state index contributed by atoms with van der Waals surface area (Å²) in [6.07, 6.45) is 2.74. The fourth-order valence-corrected chi connectivity index (χ4v) is 2.11. The monoisotopic (exact) mass is 290 g/mol. The number of carbonyl (C=O) groups is 1. The summed E-state index contributed by atoms with van der Waals surface area (Å²) in [7, 11) is 0. The summed E-state index contributed by atoms with van der Waals surface area (Å²) in [6.45, 7) is 3.50. The van der Waals surface area contributed by atoms with Crippen molar-refractivity contribution in [3.8, 4) is 0 Å². The van der Waals surface area contributed by atoms with Gasteiger partial charge in [-0.05, 0) is 43.7 Å². The highest BCUT2D eigenvalue weighted by atomic mass is 19.1. The van der Waals surface area contributed by atoms with E-state index in [9.17, 15) is 14.3 Å². The van der Waals surface area contributed by atoms with Crippen molar-refractivity contribution in [3.05, 3.63) is 60.2 Å². The molecule has 0 saturated heterocycles. The second-order valence-corrected chi connectivity index (χ2v) is 5.10. The Bertz CT molecular complexity index is 581. The second kappa shape index (κ2) is 6.54. The molecule has 2 rings (SSSR count). The third kappa shape index (κ3) is 3.70. The largest absolute Gasteiger partial charge is 0.386 e. The lowest BCUT2D eigenvalue weighted by molar-refractivity contribution is -0.125. The number of rotatable bonds is 5. The van der Waals surface area contributed by atoms with Crippen LogP contribution in [0.4, 0.5) is 4.39 Å². The first kappa shape index (κ1) is 15.3. The molecule has 1 amide bonds. The predicted molar refractivity (Wildman–Crippen MR) is 78.1 cm³/mol. The molecule has 21 heavy (non-hydrogen) atoms. The van der Waals surface area contributed by atoms with Gasteiger partial charge in [0.1, 0.15) is 11.9 Å². The molecule has 0 fully saturated rings. The van der Waals surface area contributed by atoms with Gasteiger partial charge >= 0.3 is 0 Å². The van der Waals surface area contributed by atoms with Gasteiger partial charge in [0.05, 0.1) is 12.1 Å². The van der Waals surface area contributed by atoms with Gasteiger partial charge in [-0.15, -0.1) is 0 Å². The number of aliphatic hydroxyl groups excluding tert-OH is 1. The van der Waals surface area contributed by atoms with Gasteiger partial charge in [0.25, 0.3) is 0 Å². The standard InChI is InChI=1S/C16H19FN2O2/c1-11(15(20)13-5-7-14(17)8-6-13)18-16(21)12(2)19-9-3-4-10-19/h3-12,15,20H,1-2H3,(H,18,21). The number of hydrogen-bond donors (Lipinski definition) is 2. The molecule has 5 heteroatoms. The zero-order valence-corrected chi connectivity index (χ0v) is 12.0. The van der Waals surface area contributed by atoms with Crippen molar-refractivity contribution in [1.82, 2.24) is 9.88 Å². The van der Waals surface area contributed by atoms with Crippen LogP contribution in [0.3, 0.4) is 0 Å². The molecule has 3 unspecified atom stereocenters. The molecule has 1 aromatic carbocycles. The average molecular weight is 290 g/mol. The smallest absolute Gasteiger partial charge is 0.243 e. The topological polar surface area (TPSA) is 54.3 Å². The minimum atomic E-state index is -0.883. The van der Waals surface area contributed by atoms with Crippen LogP contribution < -0.4 is 5.32 Å². The number of amides is 1. The van der Waals surface area contributed by atoms with Gasteiger partial charge < -0.3 is 15.0 Å². The van der Waals surface area contributed by atoms with E-state index in [1.165, 1.54) is 24.3 Å². The van der Waals surface area contributed by atoms with Gasteiger partial charge in [0.2, 0.25) is 5.91 Å². The Morgan fingerprint density at radius 3 is 2.33 bits per heavy atom. The van der Waals surface area contributed by atoms with Crippen LogP contribution >= 0.6 is 0 Å². The highest BCUT2D eigenvalue weighted by molar-refractivity contribution is 5.80. The quantitative estimate of drug-likeness (QED) is 0.888. The van der Waals surface area contributed by atoms with E-state index >= 15 is 0 Å². The van der Waals surface area contributed by atoms with Crippen LogP contribution in [0.25, 0.3) is 0 Å². The maximum atomic E-state index is 12.9. The van der Waals surface area contributed by atoms with E-state index in [1.54, 1.807) is 18.4 Å².